The van der Waals surface area contributed by atoms with Gasteiger partial charge in [0.25, 0.3) is 0 Å². The van der Waals surface area contributed by atoms with Crippen molar-refractivity contribution in [2.75, 3.05) is 0 Å². The van der Waals surface area contributed by atoms with E-state index in [0.717, 1.165) is 22.9 Å². The standard InChI is InChI=1S/C25H25NO2S/c1-4-18-7-9-19(10-8-18)25(23-6-5-11-29-23)26-15-20-14-24(27)28-22-13-17(3)16(2)12-21(20)22/h5-14,25-26H,4,15H2,1-3H3/p+1/t25-/m0/s1. The third-order valence-electron chi connectivity index (χ3n) is 5.61. The highest BCUT2D eigenvalue weighted by Gasteiger charge is 2.20. The molecule has 0 aliphatic heterocycles. The zero-order valence-corrected chi connectivity index (χ0v) is 17.9. The Bertz CT molecular complexity index is 1170. The van der Waals surface area contributed by atoms with E-state index in [1.807, 2.05) is 13.0 Å². The van der Waals surface area contributed by atoms with Crippen molar-refractivity contribution in [2.24, 2.45) is 0 Å². The molecule has 148 valence electrons. The number of benzene rings is 2. The average molecular weight is 405 g/mol. The Morgan fingerprint density at radius 1 is 1.03 bits per heavy atom. The summed E-state index contributed by atoms with van der Waals surface area (Å²) in [5.74, 6) is 0. The number of thiophene rings is 1. The summed E-state index contributed by atoms with van der Waals surface area (Å²) < 4.78 is 5.46. The number of hydrogen-bond acceptors (Lipinski definition) is 3. The fraction of sp³-hybridized carbons (Fsp3) is 0.240. The SMILES string of the molecule is CCc1ccc([C@H]([NH2+]Cc2cc(=O)oc3cc(C)c(C)cc23)c2cccs2)cc1. The van der Waals surface area contributed by atoms with Crippen molar-refractivity contribution in [3.63, 3.8) is 0 Å². The molecule has 0 aliphatic carbocycles. The van der Waals surface area contributed by atoms with Gasteiger partial charge in [-0.3, -0.25) is 0 Å². The molecule has 1 atom stereocenters. The molecule has 0 amide bonds. The molecule has 0 aliphatic rings. The smallest absolute Gasteiger partial charge is 0.336 e. The molecule has 4 rings (SSSR count). The highest BCUT2D eigenvalue weighted by molar-refractivity contribution is 7.10. The van der Waals surface area contributed by atoms with E-state index in [1.165, 1.54) is 21.6 Å². The second-order valence-corrected chi connectivity index (χ2v) is 8.53. The number of hydrogen-bond donors (Lipinski definition) is 1. The number of aryl methyl sites for hydroxylation is 3. The first-order valence-corrected chi connectivity index (χ1v) is 10.9. The van der Waals surface area contributed by atoms with Gasteiger partial charge in [-0.05, 0) is 60.5 Å². The quantitative estimate of drug-likeness (QED) is 0.465. The highest BCUT2D eigenvalue weighted by Crippen LogP contribution is 2.25. The van der Waals surface area contributed by atoms with E-state index in [0.29, 0.717) is 12.1 Å². The molecule has 4 heteroatoms. The lowest BCUT2D eigenvalue weighted by Gasteiger charge is -2.16. The van der Waals surface area contributed by atoms with Crippen LogP contribution >= 0.6 is 11.3 Å². The van der Waals surface area contributed by atoms with Crippen molar-refractivity contribution in [2.45, 2.75) is 39.8 Å². The lowest BCUT2D eigenvalue weighted by atomic mass is 10.0. The van der Waals surface area contributed by atoms with Crippen molar-refractivity contribution in [3.8, 4) is 0 Å². The fourth-order valence-electron chi connectivity index (χ4n) is 3.74. The van der Waals surface area contributed by atoms with Crippen LogP contribution in [-0.2, 0) is 13.0 Å². The minimum Gasteiger partial charge on any atom is -0.423 e. The van der Waals surface area contributed by atoms with Crippen LogP contribution in [0.15, 0.2) is 69.2 Å². The highest BCUT2D eigenvalue weighted by atomic mass is 32.1. The van der Waals surface area contributed by atoms with Gasteiger partial charge in [0.2, 0.25) is 0 Å². The van der Waals surface area contributed by atoms with E-state index in [1.54, 1.807) is 17.4 Å². The van der Waals surface area contributed by atoms with E-state index in [9.17, 15) is 4.79 Å². The second-order valence-electron chi connectivity index (χ2n) is 7.55. The van der Waals surface area contributed by atoms with Crippen molar-refractivity contribution in [3.05, 3.63) is 103 Å². The van der Waals surface area contributed by atoms with Gasteiger partial charge in [-0.15, -0.1) is 11.3 Å². The largest absolute Gasteiger partial charge is 0.423 e. The third kappa shape index (κ3) is 4.19. The van der Waals surface area contributed by atoms with Crippen LogP contribution < -0.4 is 10.9 Å². The van der Waals surface area contributed by atoms with Gasteiger partial charge in [0.05, 0.1) is 4.88 Å². The summed E-state index contributed by atoms with van der Waals surface area (Å²) in [5.41, 5.74) is 6.37. The van der Waals surface area contributed by atoms with Crippen LogP contribution in [0.5, 0.6) is 0 Å². The van der Waals surface area contributed by atoms with Crippen molar-refractivity contribution < 1.29 is 9.73 Å². The molecule has 0 saturated carbocycles. The van der Waals surface area contributed by atoms with E-state index in [-0.39, 0.29) is 11.7 Å². The van der Waals surface area contributed by atoms with Crippen molar-refractivity contribution >= 4 is 22.3 Å². The minimum absolute atomic E-state index is 0.203. The molecule has 0 unspecified atom stereocenters. The van der Waals surface area contributed by atoms with E-state index in [4.69, 9.17) is 4.42 Å². The number of nitrogens with two attached hydrogens (primary N) is 1. The summed E-state index contributed by atoms with van der Waals surface area (Å²) in [6.45, 7) is 7.02. The Morgan fingerprint density at radius 2 is 1.79 bits per heavy atom. The zero-order chi connectivity index (χ0) is 20.4. The molecule has 29 heavy (non-hydrogen) atoms. The van der Waals surface area contributed by atoms with Crippen LogP contribution in [0.4, 0.5) is 0 Å². The molecule has 0 radical (unpaired) electrons. The first kappa shape index (κ1) is 19.6. The molecule has 0 spiro atoms. The van der Waals surface area contributed by atoms with E-state index in [2.05, 4.69) is 67.0 Å². The predicted octanol–water partition coefficient (Wildman–Crippen LogP) is 4.89. The molecule has 0 bridgehead atoms. The van der Waals surface area contributed by atoms with Crippen LogP contribution in [0.1, 0.15) is 45.7 Å². The van der Waals surface area contributed by atoms with Crippen molar-refractivity contribution in [1.82, 2.24) is 0 Å². The van der Waals surface area contributed by atoms with Crippen LogP contribution in [0.3, 0.4) is 0 Å². The molecule has 0 fully saturated rings. The van der Waals surface area contributed by atoms with E-state index < -0.39 is 0 Å². The monoisotopic (exact) mass is 404 g/mol. The molecule has 4 aromatic rings. The lowest BCUT2D eigenvalue weighted by Crippen LogP contribution is -2.83. The van der Waals surface area contributed by atoms with Gasteiger partial charge in [0.15, 0.2) is 0 Å². The molecule has 2 aromatic carbocycles. The predicted molar refractivity (Wildman–Crippen MR) is 120 cm³/mol. The first-order chi connectivity index (χ1) is 14.0. The molecule has 0 saturated heterocycles. The zero-order valence-electron chi connectivity index (χ0n) is 17.1. The van der Waals surface area contributed by atoms with Gasteiger partial charge < -0.3 is 9.73 Å². The van der Waals surface area contributed by atoms with Gasteiger partial charge in [-0.1, -0.05) is 37.3 Å². The summed E-state index contributed by atoms with van der Waals surface area (Å²) in [6.07, 6.45) is 1.04. The van der Waals surface area contributed by atoms with Crippen LogP contribution in [0.2, 0.25) is 0 Å². The van der Waals surface area contributed by atoms with Crippen LogP contribution in [0, 0.1) is 13.8 Å². The Morgan fingerprint density at radius 3 is 2.48 bits per heavy atom. The summed E-state index contributed by atoms with van der Waals surface area (Å²) in [7, 11) is 0. The summed E-state index contributed by atoms with van der Waals surface area (Å²) in [6, 6.07) is 19.1. The average Bonchev–Trinajstić information content (AvgIpc) is 3.24. The topological polar surface area (TPSA) is 46.8 Å². The van der Waals surface area contributed by atoms with Gasteiger partial charge >= 0.3 is 5.63 Å². The van der Waals surface area contributed by atoms with Gasteiger partial charge in [-0.25, -0.2) is 4.79 Å². The maximum Gasteiger partial charge on any atom is 0.336 e. The van der Waals surface area contributed by atoms with Gasteiger partial charge in [0.1, 0.15) is 18.2 Å². The van der Waals surface area contributed by atoms with E-state index >= 15 is 0 Å². The summed E-state index contributed by atoms with van der Waals surface area (Å²) in [4.78, 5) is 13.4. The first-order valence-electron chi connectivity index (χ1n) is 10.0. The Labute approximate surface area is 175 Å². The molecule has 2 heterocycles. The molecular weight excluding hydrogens is 378 g/mol. The third-order valence-corrected chi connectivity index (χ3v) is 6.57. The summed E-state index contributed by atoms with van der Waals surface area (Å²) >= 11 is 1.77. The minimum atomic E-state index is -0.288. The molecule has 2 N–H and O–H groups in total. The molecular formula is C25H26NO2S+. The molecule has 2 aromatic heterocycles. The van der Waals surface area contributed by atoms with Gasteiger partial charge in [-0.2, -0.15) is 0 Å². The lowest BCUT2D eigenvalue weighted by molar-refractivity contribution is -0.701. The Balaban J connectivity index is 1.69. The van der Waals surface area contributed by atoms with Gasteiger partial charge in [0, 0.05) is 22.6 Å². The maximum atomic E-state index is 12.1. The number of rotatable bonds is 6. The number of fused-ring (bicyclic) bond motifs is 1. The maximum absolute atomic E-state index is 12.1. The summed E-state index contributed by atoms with van der Waals surface area (Å²) in [5, 5.41) is 5.46. The Kier molecular flexibility index (Phi) is 5.65. The number of quaternary nitrogens is 1. The fourth-order valence-corrected chi connectivity index (χ4v) is 4.59. The van der Waals surface area contributed by atoms with Crippen LogP contribution in [0.25, 0.3) is 11.0 Å². The molecule has 3 nitrogen and oxygen atoms in total. The Hall–Kier alpha value is -2.69. The second kappa shape index (κ2) is 8.36. The normalized spacial score (nSPS) is 12.4. The van der Waals surface area contributed by atoms with Crippen LogP contribution in [-0.4, -0.2) is 0 Å². The van der Waals surface area contributed by atoms with Crippen molar-refractivity contribution in [1.29, 1.82) is 0 Å².